The molecule has 1 saturated heterocycles. The molecule has 1 aromatic heterocycles. The monoisotopic (exact) mass is 431 g/mol. The smallest absolute Gasteiger partial charge is 0.286 e. The molecule has 0 unspecified atom stereocenters. The number of carbonyl (C=O) groups is 2. The Balaban J connectivity index is 1.46. The third-order valence-corrected chi connectivity index (χ3v) is 6.19. The molecule has 0 bridgehead atoms. The van der Waals surface area contributed by atoms with Gasteiger partial charge in [0.05, 0.1) is 7.11 Å². The number of hydrogen-bond acceptors (Lipinski definition) is 7. The summed E-state index contributed by atoms with van der Waals surface area (Å²) in [4.78, 5) is 27.2. The van der Waals surface area contributed by atoms with Gasteiger partial charge in [0.25, 0.3) is 11.8 Å². The second-order valence-corrected chi connectivity index (χ2v) is 8.42. The molecule has 0 aliphatic carbocycles. The number of aromatic nitrogens is 2. The number of hydrogen-bond donors (Lipinski definition) is 2. The Bertz CT molecular complexity index is 831. The highest BCUT2D eigenvalue weighted by molar-refractivity contribution is 7.15. The summed E-state index contributed by atoms with van der Waals surface area (Å²) in [5, 5.41) is 13.7. The second-order valence-electron chi connectivity index (χ2n) is 7.44. The van der Waals surface area contributed by atoms with Crippen LogP contribution < -0.4 is 15.4 Å². The van der Waals surface area contributed by atoms with Gasteiger partial charge >= 0.3 is 0 Å². The fourth-order valence-corrected chi connectivity index (χ4v) is 4.11. The average Bonchev–Trinajstić information content (AvgIpc) is 3.10. The van der Waals surface area contributed by atoms with Gasteiger partial charge in [-0.25, -0.2) is 0 Å². The molecule has 30 heavy (non-hydrogen) atoms. The van der Waals surface area contributed by atoms with Gasteiger partial charge < -0.3 is 20.3 Å². The van der Waals surface area contributed by atoms with E-state index in [-0.39, 0.29) is 15.9 Å². The van der Waals surface area contributed by atoms with Crippen LogP contribution in [0.5, 0.6) is 5.75 Å². The van der Waals surface area contributed by atoms with Gasteiger partial charge in [-0.05, 0) is 63.5 Å². The second kappa shape index (κ2) is 11.0. The molecule has 2 aromatic rings. The fourth-order valence-electron chi connectivity index (χ4n) is 3.45. The van der Waals surface area contributed by atoms with Crippen molar-refractivity contribution >= 4 is 28.8 Å². The number of anilines is 1. The van der Waals surface area contributed by atoms with Gasteiger partial charge in [0, 0.05) is 18.3 Å². The lowest BCUT2D eigenvalue weighted by Gasteiger charge is -2.27. The highest BCUT2D eigenvalue weighted by Gasteiger charge is 2.19. The summed E-state index contributed by atoms with van der Waals surface area (Å²) >= 11 is 0.984. The van der Waals surface area contributed by atoms with E-state index in [0.29, 0.717) is 24.0 Å². The van der Waals surface area contributed by atoms with E-state index in [2.05, 4.69) is 32.7 Å². The molecule has 162 valence electrons. The Kier molecular flexibility index (Phi) is 8.15. The predicted octanol–water partition coefficient (Wildman–Crippen LogP) is 3.18. The minimum absolute atomic E-state index is 0.147. The number of methoxy groups -OCH3 is 1. The van der Waals surface area contributed by atoms with Gasteiger partial charge in [-0.3, -0.25) is 9.59 Å². The molecule has 1 fully saturated rings. The van der Waals surface area contributed by atoms with Crippen molar-refractivity contribution in [2.45, 2.75) is 45.1 Å². The Morgan fingerprint density at radius 2 is 1.70 bits per heavy atom. The summed E-state index contributed by atoms with van der Waals surface area (Å²) in [5.74, 6) is 0.0126. The zero-order valence-corrected chi connectivity index (χ0v) is 18.3. The van der Waals surface area contributed by atoms with Crippen LogP contribution in [0.25, 0.3) is 0 Å². The standard InChI is InChI=1S/C21H29N5O3S/c1-15(26-13-5-3-4-6-14-26)11-12-22-18(27)20-24-25-21(30-20)19(28)23-16-7-9-17(29-2)10-8-16/h7-10,15H,3-6,11-14H2,1-2H3,(H,22,27)(H,23,28)/t15-/m0/s1. The number of nitrogens with zero attached hydrogens (tertiary/aromatic N) is 3. The molecule has 0 saturated carbocycles. The maximum absolute atomic E-state index is 12.4. The minimum Gasteiger partial charge on any atom is -0.497 e. The molecule has 1 aromatic carbocycles. The molecular weight excluding hydrogens is 402 g/mol. The van der Waals surface area contributed by atoms with Crippen molar-refractivity contribution in [2.75, 3.05) is 32.1 Å². The topological polar surface area (TPSA) is 96.5 Å². The first-order valence-electron chi connectivity index (χ1n) is 10.4. The molecule has 1 aliphatic rings. The number of carbonyl (C=O) groups excluding carboxylic acids is 2. The quantitative estimate of drug-likeness (QED) is 0.666. The first-order valence-corrected chi connectivity index (χ1v) is 11.2. The highest BCUT2D eigenvalue weighted by Crippen LogP contribution is 2.17. The van der Waals surface area contributed by atoms with Gasteiger partial charge in [-0.2, -0.15) is 0 Å². The van der Waals surface area contributed by atoms with Crippen molar-refractivity contribution < 1.29 is 14.3 Å². The Morgan fingerprint density at radius 3 is 2.33 bits per heavy atom. The normalized spacial score (nSPS) is 15.8. The molecule has 2 amide bonds. The van der Waals surface area contributed by atoms with E-state index in [4.69, 9.17) is 4.74 Å². The van der Waals surface area contributed by atoms with Gasteiger partial charge in [0.1, 0.15) is 5.75 Å². The van der Waals surface area contributed by atoms with E-state index in [1.807, 2.05) is 0 Å². The first kappa shape index (κ1) is 22.2. The van der Waals surface area contributed by atoms with Crippen molar-refractivity contribution in [1.29, 1.82) is 0 Å². The SMILES string of the molecule is COc1ccc(NC(=O)c2nnc(C(=O)NCC[C@H](C)N3CCCCCC3)s2)cc1. The summed E-state index contributed by atoms with van der Waals surface area (Å²) in [7, 11) is 1.58. The summed E-state index contributed by atoms with van der Waals surface area (Å²) < 4.78 is 5.10. The average molecular weight is 432 g/mol. The van der Waals surface area contributed by atoms with Crippen molar-refractivity contribution in [1.82, 2.24) is 20.4 Å². The zero-order chi connectivity index (χ0) is 21.3. The van der Waals surface area contributed by atoms with Crippen LogP contribution in [0.3, 0.4) is 0 Å². The first-order chi connectivity index (χ1) is 14.6. The maximum Gasteiger partial charge on any atom is 0.286 e. The lowest BCUT2D eigenvalue weighted by molar-refractivity contribution is 0.0946. The van der Waals surface area contributed by atoms with Crippen molar-refractivity contribution in [3.63, 3.8) is 0 Å². The van der Waals surface area contributed by atoms with Crippen molar-refractivity contribution in [2.24, 2.45) is 0 Å². The molecule has 1 atom stereocenters. The van der Waals surface area contributed by atoms with Crippen LogP contribution in [0.15, 0.2) is 24.3 Å². The van der Waals surface area contributed by atoms with Gasteiger partial charge in [0.15, 0.2) is 0 Å². The lowest BCUT2D eigenvalue weighted by Crippen LogP contribution is -2.37. The molecule has 0 radical (unpaired) electrons. The Morgan fingerprint density at radius 1 is 1.07 bits per heavy atom. The largest absolute Gasteiger partial charge is 0.497 e. The van der Waals surface area contributed by atoms with E-state index in [0.717, 1.165) is 30.8 Å². The van der Waals surface area contributed by atoms with Gasteiger partial charge in [-0.1, -0.05) is 24.2 Å². The van der Waals surface area contributed by atoms with Crippen LogP contribution in [0.4, 0.5) is 5.69 Å². The third-order valence-electron chi connectivity index (χ3n) is 5.27. The minimum atomic E-state index is -0.397. The Labute approximate surface area is 181 Å². The predicted molar refractivity (Wildman–Crippen MR) is 117 cm³/mol. The summed E-state index contributed by atoms with van der Waals surface area (Å²) in [5.41, 5.74) is 0.615. The molecular formula is C21H29N5O3S. The van der Waals surface area contributed by atoms with E-state index in [1.54, 1.807) is 31.4 Å². The van der Waals surface area contributed by atoms with Crippen LogP contribution in [-0.4, -0.2) is 59.7 Å². The Hall–Kier alpha value is -2.52. The number of likely N-dealkylation sites (tertiary alicyclic amines) is 1. The van der Waals surface area contributed by atoms with E-state index in [9.17, 15) is 9.59 Å². The third kappa shape index (κ3) is 6.24. The number of ether oxygens (including phenoxy) is 1. The molecule has 0 spiro atoms. The van der Waals surface area contributed by atoms with E-state index < -0.39 is 5.91 Å². The molecule has 3 rings (SSSR count). The van der Waals surface area contributed by atoms with Crippen LogP contribution in [0, 0.1) is 0 Å². The number of rotatable bonds is 8. The lowest BCUT2D eigenvalue weighted by atomic mass is 10.2. The number of benzene rings is 1. The number of amides is 2. The van der Waals surface area contributed by atoms with Crippen molar-refractivity contribution in [3.8, 4) is 5.75 Å². The summed E-state index contributed by atoms with van der Waals surface area (Å²) in [6, 6.07) is 7.40. The van der Waals surface area contributed by atoms with Crippen LogP contribution in [0.2, 0.25) is 0 Å². The van der Waals surface area contributed by atoms with E-state index in [1.165, 1.54) is 25.7 Å². The van der Waals surface area contributed by atoms with Gasteiger partial charge in [0.2, 0.25) is 10.0 Å². The molecule has 1 aliphatic heterocycles. The molecule has 2 N–H and O–H groups in total. The fraction of sp³-hybridized carbons (Fsp3) is 0.524. The highest BCUT2D eigenvalue weighted by atomic mass is 32.1. The van der Waals surface area contributed by atoms with Crippen molar-refractivity contribution in [3.05, 3.63) is 34.3 Å². The molecule has 9 heteroatoms. The van der Waals surface area contributed by atoms with E-state index >= 15 is 0 Å². The van der Waals surface area contributed by atoms with Crippen LogP contribution >= 0.6 is 11.3 Å². The van der Waals surface area contributed by atoms with Gasteiger partial charge in [-0.15, -0.1) is 10.2 Å². The number of nitrogens with one attached hydrogen (secondary N) is 2. The summed E-state index contributed by atoms with van der Waals surface area (Å²) in [6.45, 7) is 5.06. The molecule has 8 nitrogen and oxygen atoms in total. The maximum atomic E-state index is 12.4. The zero-order valence-electron chi connectivity index (χ0n) is 17.5. The van der Waals surface area contributed by atoms with Crippen LogP contribution in [-0.2, 0) is 0 Å². The van der Waals surface area contributed by atoms with Crippen LogP contribution in [0.1, 0.15) is 58.6 Å². The molecule has 2 heterocycles. The summed E-state index contributed by atoms with van der Waals surface area (Å²) in [6.07, 6.45) is 6.01.